The lowest BCUT2D eigenvalue weighted by Gasteiger charge is -2.35. The van der Waals surface area contributed by atoms with Gasteiger partial charge < -0.3 is 11.1 Å². The van der Waals surface area contributed by atoms with E-state index in [4.69, 9.17) is 5.73 Å². The topological polar surface area (TPSA) is 101 Å². The van der Waals surface area contributed by atoms with Gasteiger partial charge in [-0.1, -0.05) is 25.3 Å². The molecule has 1 aromatic carbocycles. The Balaban J connectivity index is 0.00000392. The summed E-state index contributed by atoms with van der Waals surface area (Å²) in [6, 6.07) is 4.94. The molecule has 0 atom stereocenters. The zero-order chi connectivity index (χ0) is 20.3. The Morgan fingerprint density at radius 2 is 1.79 bits per heavy atom. The number of nitrogens with one attached hydrogen (secondary N) is 2. The number of anilines is 1. The van der Waals surface area contributed by atoms with Gasteiger partial charge in [0.25, 0.3) is 0 Å². The number of sulfonamides is 1. The lowest BCUT2D eigenvalue weighted by atomic mass is 9.71. The van der Waals surface area contributed by atoms with Gasteiger partial charge in [-0.2, -0.15) is 0 Å². The van der Waals surface area contributed by atoms with Gasteiger partial charge in [-0.3, -0.25) is 4.79 Å². The quantitative estimate of drug-likeness (QED) is 0.638. The highest BCUT2D eigenvalue weighted by atomic mass is 35.5. The molecule has 1 aromatic rings. The second kappa shape index (κ2) is 9.57. The molecule has 1 amide bonds. The second-order valence-electron chi connectivity index (χ2n) is 8.77. The molecule has 1 fully saturated rings. The first kappa shape index (κ1) is 24.9. The number of halogens is 1. The Hall–Kier alpha value is -1.15. The molecule has 0 unspecified atom stereocenters. The largest absolute Gasteiger partial charge is 0.330 e. The molecule has 8 heteroatoms. The van der Waals surface area contributed by atoms with E-state index in [-0.39, 0.29) is 28.6 Å². The molecular weight excluding hydrogens is 398 g/mol. The Bertz CT molecular complexity index is 782. The van der Waals surface area contributed by atoms with Crippen LogP contribution < -0.4 is 15.8 Å². The van der Waals surface area contributed by atoms with Crippen molar-refractivity contribution in [3.63, 3.8) is 0 Å². The summed E-state index contributed by atoms with van der Waals surface area (Å²) in [7, 11) is -3.67. The minimum atomic E-state index is -3.67. The number of rotatable bonds is 6. The SMILES string of the molecule is Cc1c(NC(=O)CC2(CN)CCCCC2)cccc1S(=O)(=O)NC(C)(C)C.Cl. The van der Waals surface area contributed by atoms with E-state index >= 15 is 0 Å². The van der Waals surface area contributed by atoms with Gasteiger partial charge in [0, 0.05) is 17.6 Å². The van der Waals surface area contributed by atoms with E-state index in [1.165, 1.54) is 6.42 Å². The molecular formula is C20H34ClN3O3S. The Morgan fingerprint density at radius 1 is 1.18 bits per heavy atom. The van der Waals surface area contributed by atoms with E-state index in [0.717, 1.165) is 25.7 Å². The molecule has 6 nitrogen and oxygen atoms in total. The predicted octanol–water partition coefficient (Wildman–Crippen LogP) is 3.73. The summed E-state index contributed by atoms with van der Waals surface area (Å²) in [6.07, 6.45) is 5.73. The third-order valence-electron chi connectivity index (χ3n) is 5.17. The van der Waals surface area contributed by atoms with Crippen molar-refractivity contribution < 1.29 is 13.2 Å². The number of hydrogen-bond donors (Lipinski definition) is 3. The van der Waals surface area contributed by atoms with E-state index in [1.807, 2.05) is 0 Å². The van der Waals surface area contributed by atoms with Crippen molar-refractivity contribution in [3.8, 4) is 0 Å². The summed E-state index contributed by atoms with van der Waals surface area (Å²) < 4.78 is 28.0. The van der Waals surface area contributed by atoms with Gasteiger partial charge in [0.15, 0.2) is 0 Å². The van der Waals surface area contributed by atoms with Gasteiger partial charge in [0.1, 0.15) is 0 Å². The molecule has 1 aliphatic rings. The Morgan fingerprint density at radius 3 is 2.32 bits per heavy atom. The predicted molar refractivity (Wildman–Crippen MR) is 116 cm³/mol. The standard InChI is InChI=1S/C20H33N3O3S.ClH/c1-15-16(9-8-10-17(15)27(25,26)23-19(2,3)4)22-18(24)13-20(14-21)11-6-5-7-12-20;/h8-10,23H,5-7,11-14,21H2,1-4H3,(H,22,24);1H. The van der Waals surface area contributed by atoms with E-state index in [2.05, 4.69) is 10.0 Å². The molecule has 2 rings (SSSR count). The van der Waals surface area contributed by atoms with Crippen LogP contribution in [-0.4, -0.2) is 26.4 Å². The Kier molecular flexibility index (Phi) is 8.50. The molecule has 160 valence electrons. The zero-order valence-electron chi connectivity index (χ0n) is 17.3. The number of carbonyl (C=O) groups is 1. The fraction of sp³-hybridized carbons (Fsp3) is 0.650. The lowest BCUT2D eigenvalue weighted by Crippen LogP contribution is -2.40. The summed E-state index contributed by atoms with van der Waals surface area (Å²) in [4.78, 5) is 12.8. The average Bonchev–Trinajstić information content (AvgIpc) is 2.55. The number of carbonyl (C=O) groups excluding carboxylic acids is 1. The molecule has 28 heavy (non-hydrogen) atoms. The normalized spacial score (nSPS) is 16.9. The van der Waals surface area contributed by atoms with E-state index in [9.17, 15) is 13.2 Å². The van der Waals surface area contributed by atoms with Crippen LogP contribution in [-0.2, 0) is 14.8 Å². The van der Waals surface area contributed by atoms with Gasteiger partial charge >= 0.3 is 0 Å². The smallest absolute Gasteiger partial charge is 0.241 e. The number of nitrogens with two attached hydrogens (primary N) is 1. The van der Waals surface area contributed by atoms with E-state index in [0.29, 0.717) is 24.2 Å². The van der Waals surface area contributed by atoms with Crippen LogP contribution in [0.5, 0.6) is 0 Å². The fourth-order valence-electron chi connectivity index (χ4n) is 3.79. The minimum Gasteiger partial charge on any atom is -0.330 e. The van der Waals surface area contributed by atoms with Gasteiger partial charge in [-0.05, 0) is 70.2 Å². The van der Waals surface area contributed by atoms with Crippen molar-refractivity contribution in [3.05, 3.63) is 23.8 Å². The maximum absolute atomic E-state index is 12.7. The van der Waals surface area contributed by atoms with Gasteiger partial charge in [0.05, 0.1) is 4.90 Å². The summed E-state index contributed by atoms with van der Waals surface area (Å²) in [5.74, 6) is -0.108. The van der Waals surface area contributed by atoms with Crippen LogP contribution in [0.4, 0.5) is 5.69 Å². The van der Waals surface area contributed by atoms with Crippen LogP contribution in [0, 0.1) is 12.3 Å². The highest BCUT2D eigenvalue weighted by molar-refractivity contribution is 7.89. The van der Waals surface area contributed by atoms with Crippen LogP contribution in [0.3, 0.4) is 0 Å². The van der Waals surface area contributed by atoms with Crippen molar-refractivity contribution in [1.29, 1.82) is 0 Å². The van der Waals surface area contributed by atoms with E-state index in [1.54, 1.807) is 45.9 Å². The first-order valence-electron chi connectivity index (χ1n) is 9.62. The summed E-state index contributed by atoms with van der Waals surface area (Å²) in [6.45, 7) is 7.60. The van der Waals surface area contributed by atoms with Crippen LogP contribution >= 0.6 is 12.4 Å². The summed E-state index contributed by atoms with van der Waals surface area (Å²) in [5.41, 5.74) is 6.33. The molecule has 0 aliphatic heterocycles. The molecule has 1 saturated carbocycles. The van der Waals surface area contributed by atoms with Gasteiger partial charge in [-0.25, -0.2) is 13.1 Å². The zero-order valence-corrected chi connectivity index (χ0v) is 18.9. The van der Waals surface area contributed by atoms with Crippen molar-refractivity contribution >= 4 is 34.0 Å². The Labute approximate surface area is 175 Å². The molecule has 0 heterocycles. The molecule has 0 aromatic heterocycles. The summed E-state index contributed by atoms with van der Waals surface area (Å²) in [5, 5.41) is 2.91. The maximum atomic E-state index is 12.7. The molecule has 4 N–H and O–H groups in total. The molecule has 0 bridgehead atoms. The first-order chi connectivity index (χ1) is 12.5. The highest BCUT2D eigenvalue weighted by Crippen LogP contribution is 2.38. The van der Waals surface area contributed by atoms with Crippen LogP contribution in [0.1, 0.15) is 64.9 Å². The monoisotopic (exact) mass is 431 g/mol. The number of hydrogen-bond acceptors (Lipinski definition) is 4. The third-order valence-corrected chi connectivity index (χ3v) is 7.07. The molecule has 1 aliphatic carbocycles. The van der Waals surface area contributed by atoms with Crippen molar-refractivity contribution in [2.45, 2.75) is 76.7 Å². The first-order valence-corrected chi connectivity index (χ1v) is 11.1. The molecule has 0 saturated heterocycles. The molecule has 0 spiro atoms. The van der Waals surface area contributed by atoms with E-state index < -0.39 is 15.6 Å². The van der Waals surface area contributed by atoms with Gasteiger partial charge in [-0.15, -0.1) is 12.4 Å². The lowest BCUT2D eigenvalue weighted by molar-refractivity contribution is -0.118. The molecule has 0 radical (unpaired) electrons. The average molecular weight is 432 g/mol. The van der Waals surface area contributed by atoms with Gasteiger partial charge in [0.2, 0.25) is 15.9 Å². The van der Waals surface area contributed by atoms with Crippen LogP contribution in [0.2, 0.25) is 0 Å². The highest BCUT2D eigenvalue weighted by Gasteiger charge is 2.33. The van der Waals surface area contributed by atoms with Crippen LogP contribution in [0.15, 0.2) is 23.1 Å². The summed E-state index contributed by atoms with van der Waals surface area (Å²) >= 11 is 0. The maximum Gasteiger partial charge on any atom is 0.241 e. The van der Waals surface area contributed by atoms with Crippen molar-refractivity contribution in [1.82, 2.24) is 4.72 Å². The minimum absolute atomic E-state index is 0. The van der Waals surface area contributed by atoms with Crippen LogP contribution in [0.25, 0.3) is 0 Å². The van der Waals surface area contributed by atoms with Crippen molar-refractivity contribution in [2.24, 2.45) is 11.1 Å². The fourth-order valence-corrected chi connectivity index (χ4v) is 5.48. The van der Waals surface area contributed by atoms with Crippen molar-refractivity contribution in [2.75, 3.05) is 11.9 Å². The second-order valence-corrected chi connectivity index (χ2v) is 10.4. The number of benzene rings is 1. The third kappa shape index (κ3) is 6.44. The number of amides is 1.